The second-order valence-corrected chi connectivity index (χ2v) is 4.48. The lowest BCUT2D eigenvalue weighted by Gasteiger charge is -2.13. The third-order valence-corrected chi connectivity index (χ3v) is 3.08. The highest BCUT2D eigenvalue weighted by molar-refractivity contribution is 5.95. The minimum atomic E-state index is -1.21. The predicted octanol–water partition coefficient (Wildman–Crippen LogP) is 2.68. The first-order chi connectivity index (χ1) is 9.61. The molecule has 2 aromatic carbocycles. The summed E-state index contributed by atoms with van der Waals surface area (Å²) in [5.41, 5.74) is 2.17. The first kappa shape index (κ1) is 14.1. The minimum Gasteiger partial charge on any atom is -0.497 e. The summed E-state index contributed by atoms with van der Waals surface area (Å²) in [6.45, 7) is 1.90. The molecular formula is C16H17NO3. The average Bonchev–Trinajstić information content (AvgIpc) is 2.49. The molecule has 2 aromatic rings. The average molecular weight is 271 g/mol. The number of aryl methyl sites for hydroxylation is 1. The molecule has 4 nitrogen and oxygen atoms in total. The predicted molar refractivity (Wildman–Crippen MR) is 77.8 cm³/mol. The fraction of sp³-hybridized carbons (Fsp3) is 0.188. The fourth-order valence-electron chi connectivity index (χ4n) is 1.85. The second-order valence-electron chi connectivity index (χ2n) is 4.48. The van der Waals surface area contributed by atoms with E-state index in [-0.39, 0.29) is 0 Å². The molecule has 2 rings (SSSR count). The molecule has 0 aliphatic carbocycles. The van der Waals surface area contributed by atoms with Crippen molar-refractivity contribution in [2.45, 2.75) is 13.0 Å². The zero-order valence-corrected chi connectivity index (χ0v) is 11.5. The molecule has 0 heterocycles. The van der Waals surface area contributed by atoms with Crippen LogP contribution in [0, 0.1) is 6.92 Å². The topological polar surface area (TPSA) is 58.6 Å². The van der Waals surface area contributed by atoms with Gasteiger partial charge in [0.1, 0.15) is 5.75 Å². The molecule has 2 N–H and O–H groups in total. The molecule has 0 spiro atoms. The van der Waals surface area contributed by atoms with Crippen LogP contribution in [0.3, 0.4) is 0 Å². The van der Waals surface area contributed by atoms with Crippen LogP contribution in [0.5, 0.6) is 5.75 Å². The highest BCUT2D eigenvalue weighted by atomic mass is 16.5. The number of carbonyl (C=O) groups is 1. The van der Waals surface area contributed by atoms with Gasteiger partial charge in [-0.2, -0.15) is 0 Å². The smallest absolute Gasteiger partial charge is 0.257 e. The van der Waals surface area contributed by atoms with Gasteiger partial charge in [-0.3, -0.25) is 4.79 Å². The molecule has 104 valence electrons. The van der Waals surface area contributed by atoms with E-state index in [0.717, 1.165) is 5.56 Å². The molecule has 0 bridgehead atoms. The summed E-state index contributed by atoms with van der Waals surface area (Å²) in [7, 11) is 1.57. The maximum Gasteiger partial charge on any atom is 0.257 e. The van der Waals surface area contributed by atoms with Crippen LogP contribution >= 0.6 is 0 Å². The van der Waals surface area contributed by atoms with Crippen molar-refractivity contribution < 1.29 is 14.6 Å². The van der Waals surface area contributed by atoms with Gasteiger partial charge in [-0.05, 0) is 36.2 Å². The molecule has 0 saturated heterocycles. The Kier molecular flexibility index (Phi) is 4.38. The van der Waals surface area contributed by atoms with Crippen molar-refractivity contribution >= 4 is 11.6 Å². The second kappa shape index (κ2) is 6.21. The number of aliphatic hydroxyl groups excluding tert-OH is 1. The normalized spacial score (nSPS) is 11.8. The third kappa shape index (κ3) is 3.16. The molecule has 1 amide bonds. The Hall–Kier alpha value is -2.33. The Morgan fingerprint density at radius 1 is 1.15 bits per heavy atom. The van der Waals surface area contributed by atoms with Crippen molar-refractivity contribution in [1.29, 1.82) is 0 Å². The summed E-state index contributed by atoms with van der Waals surface area (Å²) in [6.07, 6.45) is -1.21. The van der Waals surface area contributed by atoms with Crippen LogP contribution in [0.25, 0.3) is 0 Å². The third-order valence-electron chi connectivity index (χ3n) is 3.08. The van der Waals surface area contributed by atoms with Crippen LogP contribution in [0.2, 0.25) is 0 Å². The maximum atomic E-state index is 12.0. The Morgan fingerprint density at radius 3 is 2.40 bits per heavy atom. The molecular weight excluding hydrogens is 254 g/mol. The zero-order valence-electron chi connectivity index (χ0n) is 11.5. The molecule has 0 saturated carbocycles. The van der Waals surface area contributed by atoms with Gasteiger partial charge in [-0.1, -0.05) is 30.3 Å². The number of hydrogen-bond acceptors (Lipinski definition) is 3. The van der Waals surface area contributed by atoms with E-state index < -0.39 is 12.0 Å². The number of rotatable bonds is 4. The Balaban J connectivity index is 2.10. The molecule has 0 aromatic heterocycles. The molecule has 0 aliphatic rings. The van der Waals surface area contributed by atoms with Gasteiger partial charge < -0.3 is 15.2 Å². The Labute approximate surface area is 118 Å². The van der Waals surface area contributed by atoms with Crippen molar-refractivity contribution in [3.63, 3.8) is 0 Å². The maximum absolute atomic E-state index is 12.0. The van der Waals surface area contributed by atoms with E-state index in [2.05, 4.69) is 5.32 Å². The summed E-state index contributed by atoms with van der Waals surface area (Å²) in [6, 6.07) is 14.2. The largest absolute Gasteiger partial charge is 0.497 e. The van der Waals surface area contributed by atoms with Gasteiger partial charge in [-0.25, -0.2) is 0 Å². The lowest BCUT2D eigenvalue weighted by molar-refractivity contribution is -0.124. The van der Waals surface area contributed by atoms with Crippen LogP contribution in [-0.2, 0) is 4.79 Å². The van der Waals surface area contributed by atoms with Gasteiger partial charge in [-0.15, -0.1) is 0 Å². The molecule has 0 radical (unpaired) electrons. The molecule has 0 fully saturated rings. The van der Waals surface area contributed by atoms with Crippen LogP contribution in [0.4, 0.5) is 5.69 Å². The zero-order chi connectivity index (χ0) is 14.5. The summed E-state index contributed by atoms with van der Waals surface area (Å²) in [4.78, 5) is 12.0. The SMILES string of the molecule is COc1ccc(C(O)C(=O)Nc2ccccc2C)cc1. The van der Waals surface area contributed by atoms with Gasteiger partial charge in [0.15, 0.2) is 6.10 Å². The van der Waals surface area contributed by atoms with E-state index in [9.17, 15) is 9.90 Å². The molecule has 0 aliphatic heterocycles. The number of nitrogens with one attached hydrogen (secondary N) is 1. The van der Waals surface area contributed by atoms with E-state index in [1.54, 1.807) is 37.4 Å². The molecule has 1 unspecified atom stereocenters. The van der Waals surface area contributed by atoms with Crippen LogP contribution < -0.4 is 10.1 Å². The van der Waals surface area contributed by atoms with Crippen LogP contribution in [0.15, 0.2) is 48.5 Å². The highest BCUT2D eigenvalue weighted by Crippen LogP contribution is 2.20. The van der Waals surface area contributed by atoms with Crippen molar-refractivity contribution in [3.05, 3.63) is 59.7 Å². The first-order valence-corrected chi connectivity index (χ1v) is 6.30. The number of amides is 1. The van der Waals surface area contributed by atoms with E-state index >= 15 is 0 Å². The number of para-hydroxylation sites is 1. The number of methoxy groups -OCH3 is 1. The van der Waals surface area contributed by atoms with Crippen LogP contribution in [-0.4, -0.2) is 18.1 Å². The Bertz CT molecular complexity index is 593. The van der Waals surface area contributed by atoms with Crippen LogP contribution in [0.1, 0.15) is 17.2 Å². The van der Waals surface area contributed by atoms with E-state index in [0.29, 0.717) is 17.0 Å². The van der Waals surface area contributed by atoms with E-state index in [1.807, 2.05) is 25.1 Å². The number of aliphatic hydroxyl groups is 1. The number of benzene rings is 2. The lowest BCUT2D eigenvalue weighted by atomic mass is 10.1. The fourth-order valence-corrected chi connectivity index (χ4v) is 1.85. The summed E-state index contributed by atoms with van der Waals surface area (Å²) >= 11 is 0. The van der Waals surface area contributed by atoms with Crippen molar-refractivity contribution in [3.8, 4) is 5.75 Å². The highest BCUT2D eigenvalue weighted by Gasteiger charge is 2.17. The van der Waals surface area contributed by atoms with Gasteiger partial charge in [0.25, 0.3) is 5.91 Å². The molecule has 20 heavy (non-hydrogen) atoms. The van der Waals surface area contributed by atoms with Gasteiger partial charge in [0, 0.05) is 5.69 Å². The number of ether oxygens (including phenoxy) is 1. The minimum absolute atomic E-state index is 0.454. The monoisotopic (exact) mass is 271 g/mol. The van der Waals surface area contributed by atoms with E-state index in [4.69, 9.17) is 4.74 Å². The van der Waals surface area contributed by atoms with E-state index in [1.165, 1.54) is 0 Å². The van der Waals surface area contributed by atoms with Crippen molar-refractivity contribution in [2.24, 2.45) is 0 Å². The lowest BCUT2D eigenvalue weighted by Crippen LogP contribution is -2.21. The summed E-state index contributed by atoms with van der Waals surface area (Å²) in [5.74, 6) is 0.227. The number of hydrogen-bond donors (Lipinski definition) is 2. The summed E-state index contributed by atoms with van der Waals surface area (Å²) in [5, 5.41) is 12.8. The van der Waals surface area contributed by atoms with Gasteiger partial charge >= 0.3 is 0 Å². The van der Waals surface area contributed by atoms with Crippen molar-refractivity contribution in [1.82, 2.24) is 0 Å². The van der Waals surface area contributed by atoms with Gasteiger partial charge in [0.2, 0.25) is 0 Å². The quantitative estimate of drug-likeness (QED) is 0.898. The van der Waals surface area contributed by atoms with Crippen molar-refractivity contribution in [2.75, 3.05) is 12.4 Å². The summed E-state index contributed by atoms with van der Waals surface area (Å²) < 4.78 is 5.04. The first-order valence-electron chi connectivity index (χ1n) is 6.30. The number of anilines is 1. The Morgan fingerprint density at radius 2 is 1.80 bits per heavy atom. The number of carbonyl (C=O) groups excluding carboxylic acids is 1. The standard InChI is InChI=1S/C16H17NO3/c1-11-5-3-4-6-14(11)17-16(19)15(18)12-7-9-13(20-2)10-8-12/h3-10,15,18H,1-2H3,(H,17,19). The molecule has 1 atom stereocenters. The molecule has 4 heteroatoms. The van der Waals surface area contributed by atoms with Gasteiger partial charge in [0.05, 0.1) is 7.11 Å².